The minimum absolute atomic E-state index is 0. The van der Waals surface area contributed by atoms with Gasteiger partial charge in [-0.2, -0.15) is 0 Å². The van der Waals surface area contributed by atoms with Gasteiger partial charge < -0.3 is 9.59 Å². The molecule has 0 aliphatic heterocycles. The first kappa shape index (κ1) is 29.1. The van der Waals surface area contributed by atoms with Crippen molar-refractivity contribution in [3.05, 3.63) is 145 Å². The van der Waals surface area contributed by atoms with Gasteiger partial charge in [0.25, 0.3) is 0 Å². The van der Waals surface area contributed by atoms with Crippen molar-refractivity contribution in [2.75, 3.05) is 0 Å². The fourth-order valence-electron chi connectivity index (χ4n) is 3.23. The van der Waals surface area contributed by atoms with Gasteiger partial charge in [-0.3, -0.25) is 9.98 Å². The summed E-state index contributed by atoms with van der Waals surface area (Å²) in [7, 11) is 0. The maximum absolute atomic E-state index is 11.9. The van der Waals surface area contributed by atoms with Crippen LogP contribution in [0.15, 0.2) is 131 Å². The monoisotopic (exact) mass is 535 g/mol. The van der Waals surface area contributed by atoms with Crippen molar-refractivity contribution in [1.82, 2.24) is 0 Å². The Bertz CT molecular complexity index is 1200. The van der Waals surface area contributed by atoms with Crippen LogP contribution < -0.4 is 0 Å². The van der Waals surface area contributed by atoms with E-state index in [-0.39, 0.29) is 28.6 Å². The summed E-state index contributed by atoms with van der Waals surface area (Å²) in [4.78, 5) is 32.5. The predicted molar refractivity (Wildman–Crippen MR) is 149 cm³/mol. The molecule has 189 valence electrons. The van der Waals surface area contributed by atoms with Crippen LogP contribution in [0.3, 0.4) is 0 Å². The summed E-state index contributed by atoms with van der Waals surface area (Å²) in [6.45, 7) is 3.65. The Morgan fingerprint density at radius 2 is 0.757 bits per heavy atom. The first-order chi connectivity index (χ1) is 17.5. The quantitative estimate of drug-likeness (QED) is 0.100. The molecular formula is C32H28CuN2O2. The minimum atomic E-state index is -0.0206. The zero-order valence-corrected chi connectivity index (χ0v) is 21.7. The molecule has 4 aromatic carbocycles. The average Bonchev–Trinajstić information content (AvgIpc) is 2.91. The zero-order valence-electron chi connectivity index (χ0n) is 20.7. The van der Waals surface area contributed by atoms with Crippen LogP contribution in [-0.2, 0) is 17.1 Å². The van der Waals surface area contributed by atoms with Crippen molar-refractivity contribution in [2.45, 2.75) is 13.8 Å². The molecule has 0 N–H and O–H groups in total. The average molecular weight is 536 g/mol. The first-order valence-corrected chi connectivity index (χ1v) is 11.6. The fraction of sp³-hybridized carbons (Fsp3) is 0.0625. The van der Waals surface area contributed by atoms with E-state index in [9.17, 15) is 9.59 Å². The van der Waals surface area contributed by atoms with Gasteiger partial charge in [0, 0.05) is 11.6 Å². The van der Waals surface area contributed by atoms with Crippen molar-refractivity contribution in [2.24, 2.45) is 9.98 Å². The summed E-state index contributed by atoms with van der Waals surface area (Å²) >= 11 is 0. The molecule has 0 heterocycles. The summed E-state index contributed by atoms with van der Waals surface area (Å²) in [6, 6.07) is 37.6. The number of Topliss-reactive ketones (excluding diaryl/α,β-unsaturated/α-hetero) is 2. The molecule has 1 radical (unpaired) electrons. The van der Waals surface area contributed by atoms with E-state index in [2.05, 4.69) is 9.98 Å². The van der Waals surface area contributed by atoms with Crippen LogP contribution in [-0.4, -0.2) is 23.0 Å². The van der Waals surface area contributed by atoms with Gasteiger partial charge in [-0.15, -0.1) is 48.2 Å². The molecule has 0 saturated carbocycles. The van der Waals surface area contributed by atoms with E-state index in [0.29, 0.717) is 22.6 Å². The van der Waals surface area contributed by atoms with E-state index < -0.39 is 0 Å². The van der Waals surface area contributed by atoms with Crippen molar-refractivity contribution in [3.63, 3.8) is 0 Å². The Hall–Kier alpha value is -4.18. The van der Waals surface area contributed by atoms with Crippen LogP contribution in [0.5, 0.6) is 0 Å². The number of hydrogen-bond donors (Lipinski definition) is 0. The predicted octanol–water partition coefficient (Wildman–Crippen LogP) is 7.73. The standard InChI is InChI=1S/2C16H14NO.Cu/c2*1-13(17-15-10-6-3-7-11-15)12-16(18)14-8-4-2-5-9-14;/h2*2-12H,1H3;/q2*-1;+2. The van der Waals surface area contributed by atoms with Crippen LogP contribution in [0, 0.1) is 12.8 Å². The summed E-state index contributed by atoms with van der Waals surface area (Å²) < 4.78 is 0. The van der Waals surface area contributed by atoms with E-state index in [1.54, 1.807) is 37.1 Å². The Labute approximate surface area is 229 Å². The largest absolute Gasteiger partial charge is 2.00 e. The third kappa shape index (κ3) is 10.5. The Morgan fingerprint density at radius 1 is 0.486 bits per heavy atom. The van der Waals surface area contributed by atoms with E-state index in [1.165, 1.54) is 0 Å². The molecule has 37 heavy (non-hydrogen) atoms. The van der Waals surface area contributed by atoms with Gasteiger partial charge in [0.2, 0.25) is 0 Å². The number of carbonyl (C=O) groups is 2. The third-order valence-electron chi connectivity index (χ3n) is 4.92. The Morgan fingerprint density at radius 3 is 1.05 bits per heavy atom. The number of nitrogens with zero attached hydrogens (tertiary/aromatic N) is 2. The van der Waals surface area contributed by atoms with Gasteiger partial charge in [-0.1, -0.05) is 72.8 Å². The Balaban J connectivity index is 0.000000253. The molecular weight excluding hydrogens is 508 g/mol. The van der Waals surface area contributed by atoms with Gasteiger partial charge in [0.15, 0.2) is 0 Å². The second kappa shape index (κ2) is 15.7. The molecule has 5 heteroatoms. The van der Waals surface area contributed by atoms with Gasteiger partial charge in [0.05, 0.1) is 11.4 Å². The molecule has 4 nitrogen and oxygen atoms in total. The molecule has 0 aromatic heterocycles. The molecule has 0 fully saturated rings. The second-order valence-electron chi connectivity index (χ2n) is 7.93. The van der Waals surface area contributed by atoms with Gasteiger partial charge >= 0.3 is 17.1 Å². The third-order valence-corrected chi connectivity index (χ3v) is 4.92. The molecule has 0 atom stereocenters. The number of hydrogen-bond acceptors (Lipinski definition) is 4. The minimum Gasteiger partial charge on any atom is -0.331 e. The van der Waals surface area contributed by atoms with E-state index in [1.807, 2.05) is 111 Å². The van der Waals surface area contributed by atoms with Crippen molar-refractivity contribution in [1.29, 1.82) is 0 Å². The van der Waals surface area contributed by atoms with Crippen LogP contribution in [0.1, 0.15) is 34.6 Å². The molecule has 0 aliphatic carbocycles. The van der Waals surface area contributed by atoms with E-state index in [0.717, 1.165) is 11.4 Å². The van der Waals surface area contributed by atoms with Crippen LogP contribution in [0.4, 0.5) is 11.4 Å². The molecule has 0 amide bonds. The fourth-order valence-corrected chi connectivity index (χ4v) is 3.23. The first-order valence-electron chi connectivity index (χ1n) is 11.6. The van der Waals surface area contributed by atoms with Crippen molar-refractivity contribution < 1.29 is 26.7 Å². The molecule has 0 saturated heterocycles. The molecule has 4 rings (SSSR count). The van der Waals surface area contributed by atoms with Gasteiger partial charge in [-0.25, -0.2) is 0 Å². The zero-order chi connectivity index (χ0) is 25.6. The summed E-state index contributed by atoms with van der Waals surface area (Å²) in [5.74, 6) is -0.0411. The number of ketones is 2. The maximum Gasteiger partial charge on any atom is 2.00 e. The molecule has 0 aliphatic rings. The van der Waals surface area contributed by atoms with E-state index in [4.69, 9.17) is 0 Å². The van der Waals surface area contributed by atoms with Gasteiger partial charge in [0.1, 0.15) is 0 Å². The number of aliphatic imine (C=N–C) groups is 2. The van der Waals surface area contributed by atoms with Crippen LogP contribution >= 0.6 is 0 Å². The Kier molecular flexibility index (Phi) is 12.4. The summed E-state index contributed by atoms with van der Waals surface area (Å²) in [6.07, 6.45) is 3.12. The normalized spacial score (nSPS) is 10.8. The maximum atomic E-state index is 11.9. The van der Waals surface area contributed by atoms with E-state index >= 15 is 0 Å². The second-order valence-corrected chi connectivity index (χ2v) is 7.93. The summed E-state index contributed by atoms with van der Waals surface area (Å²) in [5, 5.41) is 0. The number of carbonyl (C=O) groups excluding carboxylic acids is 2. The summed E-state index contributed by atoms with van der Waals surface area (Å²) in [5.41, 5.74) is 4.48. The molecule has 4 aromatic rings. The van der Waals surface area contributed by atoms with Crippen LogP contribution in [0.25, 0.3) is 0 Å². The topological polar surface area (TPSA) is 58.9 Å². The smallest absolute Gasteiger partial charge is 0.331 e. The molecule has 0 unspecified atom stereocenters. The number of benzene rings is 4. The van der Waals surface area contributed by atoms with Crippen LogP contribution in [0.2, 0.25) is 0 Å². The van der Waals surface area contributed by atoms with Gasteiger partial charge in [-0.05, 0) is 49.5 Å². The molecule has 0 spiro atoms. The SMILES string of the molecule is CC([CH-]C(=O)c1ccccc1)=Nc1ccccc1.CC([CH-]C(=O)c1ccccc1)=Nc1ccccc1.[Cu+2]. The number of rotatable bonds is 8. The van der Waals surface area contributed by atoms with Crippen molar-refractivity contribution in [3.8, 4) is 0 Å². The van der Waals surface area contributed by atoms with Crippen molar-refractivity contribution >= 4 is 34.4 Å². The number of para-hydroxylation sites is 2. The molecule has 0 bridgehead atoms.